The number of rotatable bonds is 3. The average Bonchev–Trinajstić information content (AvgIpc) is 2.19. The summed E-state index contributed by atoms with van der Waals surface area (Å²) in [6.07, 6.45) is 1.22. The van der Waals surface area contributed by atoms with E-state index in [0.29, 0.717) is 4.32 Å². The van der Waals surface area contributed by atoms with Gasteiger partial charge in [-0.15, -0.1) is 0 Å². The van der Waals surface area contributed by atoms with Gasteiger partial charge in [-0.05, 0) is 18.9 Å². The minimum absolute atomic E-state index is 0.400. The molecule has 2 heteroatoms. The molecule has 1 fully saturated rings. The van der Waals surface area contributed by atoms with Gasteiger partial charge < -0.3 is 0 Å². The number of hydrogen-bond donors (Lipinski definition) is 0. The molecule has 0 atom stereocenters. The van der Waals surface area contributed by atoms with Gasteiger partial charge in [0.1, 0.15) is 0 Å². The molecule has 1 saturated heterocycles. The molecule has 0 aliphatic carbocycles. The van der Waals surface area contributed by atoms with Crippen molar-refractivity contribution in [2.45, 2.75) is 31.1 Å². The van der Waals surface area contributed by atoms with Crippen molar-refractivity contribution >= 4 is 15.9 Å². The summed E-state index contributed by atoms with van der Waals surface area (Å²) in [5.41, 5.74) is 2.76. The summed E-state index contributed by atoms with van der Waals surface area (Å²) in [6.45, 7) is 7.83. The Morgan fingerprint density at radius 1 is 1.27 bits per heavy atom. The molecular formula is C13H18BrN. The fourth-order valence-electron chi connectivity index (χ4n) is 2.04. The van der Waals surface area contributed by atoms with Gasteiger partial charge in [0.25, 0.3) is 0 Å². The van der Waals surface area contributed by atoms with Crippen LogP contribution in [0.4, 0.5) is 0 Å². The Hall–Kier alpha value is -0.340. The average molecular weight is 268 g/mol. The summed E-state index contributed by atoms with van der Waals surface area (Å²) in [5.74, 6) is 0. The first kappa shape index (κ1) is 11.2. The highest BCUT2D eigenvalue weighted by atomic mass is 79.9. The Kier molecular flexibility index (Phi) is 3.17. The van der Waals surface area contributed by atoms with Crippen molar-refractivity contribution in [1.29, 1.82) is 0 Å². The number of aryl methyl sites for hydroxylation is 1. The number of likely N-dealkylation sites (tertiary alicyclic amines) is 1. The molecule has 0 bridgehead atoms. The molecular weight excluding hydrogens is 250 g/mol. The maximum Gasteiger partial charge on any atom is 0.0509 e. The van der Waals surface area contributed by atoms with Crippen molar-refractivity contribution in [3.05, 3.63) is 35.4 Å². The standard InChI is InChI=1S/C13H18BrN/c1-3-13(14)9-15(10-13)8-12-6-4-11(2)5-7-12/h4-7H,3,8-10H2,1-2H3. The number of hydrogen-bond acceptors (Lipinski definition) is 1. The number of nitrogens with zero attached hydrogens (tertiary/aromatic N) is 1. The first-order valence-electron chi connectivity index (χ1n) is 5.58. The second kappa shape index (κ2) is 4.26. The first-order chi connectivity index (χ1) is 7.11. The first-order valence-corrected chi connectivity index (χ1v) is 6.37. The van der Waals surface area contributed by atoms with Crippen molar-refractivity contribution in [2.24, 2.45) is 0 Å². The Bertz CT molecular complexity index is 325. The van der Waals surface area contributed by atoms with Gasteiger partial charge in [-0.2, -0.15) is 0 Å². The Morgan fingerprint density at radius 3 is 2.40 bits per heavy atom. The highest BCUT2D eigenvalue weighted by molar-refractivity contribution is 9.10. The highest BCUT2D eigenvalue weighted by Gasteiger charge is 2.38. The van der Waals surface area contributed by atoms with Gasteiger partial charge in [-0.1, -0.05) is 52.7 Å². The molecule has 0 unspecified atom stereocenters. The van der Waals surface area contributed by atoms with Gasteiger partial charge in [0, 0.05) is 19.6 Å². The predicted octanol–water partition coefficient (Wildman–Crippen LogP) is 3.35. The fourth-order valence-corrected chi connectivity index (χ4v) is 2.75. The monoisotopic (exact) mass is 267 g/mol. The summed E-state index contributed by atoms with van der Waals surface area (Å²) >= 11 is 3.79. The Morgan fingerprint density at radius 2 is 1.87 bits per heavy atom. The van der Waals surface area contributed by atoms with Gasteiger partial charge in [0.2, 0.25) is 0 Å². The van der Waals surface area contributed by atoms with Crippen LogP contribution in [0.1, 0.15) is 24.5 Å². The van der Waals surface area contributed by atoms with E-state index in [1.165, 1.54) is 30.6 Å². The van der Waals surface area contributed by atoms with Crippen molar-refractivity contribution in [1.82, 2.24) is 4.90 Å². The van der Waals surface area contributed by atoms with Gasteiger partial charge in [0.05, 0.1) is 4.32 Å². The van der Waals surface area contributed by atoms with Crippen LogP contribution in [0.3, 0.4) is 0 Å². The normalized spacial score (nSPS) is 19.9. The summed E-state index contributed by atoms with van der Waals surface area (Å²) in [5, 5.41) is 0. The maximum atomic E-state index is 3.79. The lowest BCUT2D eigenvalue weighted by molar-refractivity contribution is 0.120. The molecule has 0 N–H and O–H groups in total. The van der Waals surface area contributed by atoms with Crippen LogP contribution in [0.2, 0.25) is 0 Å². The number of halogens is 1. The fraction of sp³-hybridized carbons (Fsp3) is 0.538. The third kappa shape index (κ3) is 2.61. The zero-order valence-electron chi connectivity index (χ0n) is 9.46. The lowest BCUT2D eigenvalue weighted by Gasteiger charge is -2.46. The molecule has 0 aromatic heterocycles. The van der Waals surface area contributed by atoms with Crippen LogP contribution in [0.25, 0.3) is 0 Å². The van der Waals surface area contributed by atoms with E-state index in [-0.39, 0.29) is 0 Å². The van der Waals surface area contributed by atoms with E-state index in [4.69, 9.17) is 0 Å². The summed E-state index contributed by atoms with van der Waals surface area (Å²) in [6, 6.07) is 8.84. The quantitative estimate of drug-likeness (QED) is 0.760. The van der Waals surface area contributed by atoms with E-state index >= 15 is 0 Å². The van der Waals surface area contributed by atoms with E-state index in [2.05, 4.69) is 58.9 Å². The van der Waals surface area contributed by atoms with Crippen molar-refractivity contribution in [3.8, 4) is 0 Å². The van der Waals surface area contributed by atoms with E-state index in [9.17, 15) is 0 Å². The van der Waals surface area contributed by atoms with Crippen molar-refractivity contribution in [2.75, 3.05) is 13.1 Å². The van der Waals surface area contributed by atoms with Gasteiger partial charge >= 0.3 is 0 Å². The molecule has 1 aliphatic rings. The van der Waals surface area contributed by atoms with E-state index in [0.717, 1.165) is 6.54 Å². The van der Waals surface area contributed by atoms with Crippen LogP contribution in [-0.2, 0) is 6.54 Å². The van der Waals surface area contributed by atoms with Crippen molar-refractivity contribution in [3.63, 3.8) is 0 Å². The van der Waals surface area contributed by atoms with E-state index in [1.54, 1.807) is 0 Å². The molecule has 0 amide bonds. The molecule has 0 saturated carbocycles. The molecule has 1 aliphatic heterocycles. The van der Waals surface area contributed by atoms with E-state index < -0.39 is 0 Å². The molecule has 1 nitrogen and oxygen atoms in total. The third-order valence-corrected chi connectivity index (χ3v) is 4.24. The second-order valence-electron chi connectivity index (χ2n) is 4.64. The van der Waals surface area contributed by atoms with Gasteiger partial charge in [-0.25, -0.2) is 0 Å². The molecule has 1 heterocycles. The van der Waals surface area contributed by atoms with Gasteiger partial charge in [0.15, 0.2) is 0 Å². The van der Waals surface area contributed by atoms with Crippen LogP contribution in [0.5, 0.6) is 0 Å². The molecule has 1 aromatic rings. The molecule has 0 radical (unpaired) electrons. The number of alkyl halides is 1. The van der Waals surface area contributed by atoms with E-state index in [1.807, 2.05) is 0 Å². The second-order valence-corrected chi connectivity index (χ2v) is 6.32. The third-order valence-electron chi connectivity index (χ3n) is 3.17. The number of benzene rings is 1. The Balaban J connectivity index is 1.87. The van der Waals surface area contributed by atoms with Crippen LogP contribution in [0, 0.1) is 6.92 Å². The zero-order chi connectivity index (χ0) is 10.9. The lowest BCUT2D eigenvalue weighted by atomic mass is 9.96. The SMILES string of the molecule is CCC1(Br)CN(Cc2ccc(C)cc2)C1. The van der Waals surface area contributed by atoms with Crippen LogP contribution in [-0.4, -0.2) is 22.3 Å². The minimum Gasteiger partial charge on any atom is -0.296 e. The minimum atomic E-state index is 0.400. The van der Waals surface area contributed by atoms with Crippen LogP contribution >= 0.6 is 15.9 Å². The summed E-state index contributed by atoms with van der Waals surface area (Å²) < 4.78 is 0.400. The summed E-state index contributed by atoms with van der Waals surface area (Å²) in [4.78, 5) is 2.49. The topological polar surface area (TPSA) is 3.24 Å². The molecule has 15 heavy (non-hydrogen) atoms. The zero-order valence-corrected chi connectivity index (χ0v) is 11.0. The smallest absolute Gasteiger partial charge is 0.0509 e. The highest BCUT2D eigenvalue weighted by Crippen LogP contribution is 2.34. The lowest BCUT2D eigenvalue weighted by Crippen LogP contribution is -2.56. The molecule has 0 spiro atoms. The summed E-state index contributed by atoms with van der Waals surface area (Å²) in [7, 11) is 0. The molecule has 82 valence electrons. The van der Waals surface area contributed by atoms with Gasteiger partial charge in [-0.3, -0.25) is 4.90 Å². The largest absolute Gasteiger partial charge is 0.296 e. The van der Waals surface area contributed by atoms with Crippen LogP contribution in [0.15, 0.2) is 24.3 Å². The molecule has 1 aromatic carbocycles. The maximum absolute atomic E-state index is 3.79. The molecule has 2 rings (SSSR count). The predicted molar refractivity (Wildman–Crippen MR) is 68.4 cm³/mol. The Labute approximate surface area is 101 Å². The van der Waals surface area contributed by atoms with Crippen LogP contribution < -0.4 is 0 Å². The van der Waals surface area contributed by atoms with Crippen molar-refractivity contribution < 1.29 is 0 Å².